The van der Waals surface area contributed by atoms with Crippen molar-refractivity contribution in [2.24, 2.45) is 0 Å². The van der Waals surface area contributed by atoms with Crippen molar-refractivity contribution in [3.05, 3.63) is 0 Å². The van der Waals surface area contributed by atoms with Gasteiger partial charge in [0.15, 0.2) is 0 Å². The molecule has 0 aliphatic carbocycles. The first-order chi connectivity index (χ1) is 7.25. The summed E-state index contributed by atoms with van der Waals surface area (Å²) in [7, 11) is -3.05. The van der Waals surface area contributed by atoms with Crippen LogP contribution in [0.15, 0.2) is 0 Å². The van der Waals surface area contributed by atoms with Gasteiger partial charge in [0.1, 0.15) is 5.49 Å². The molecule has 0 radical (unpaired) electrons. The van der Waals surface area contributed by atoms with Crippen molar-refractivity contribution in [3.63, 3.8) is 0 Å². The van der Waals surface area contributed by atoms with E-state index in [2.05, 4.69) is 0 Å². The maximum Gasteiger partial charge on any atom is 0.341 e. The maximum atomic E-state index is 12.0. The molecule has 16 heavy (non-hydrogen) atoms. The molecule has 0 amide bonds. The largest absolute Gasteiger partial charge is 0.341 e. The lowest BCUT2D eigenvalue weighted by atomic mass is 10.3. The van der Waals surface area contributed by atoms with E-state index in [0.29, 0.717) is 13.2 Å². The van der Waals surface area contributed by atoms with Gasteiger partial charge in [-0.05, 0) is 45.4 Å². The van der Waals surface area contributed by atoms with Gasteiger partial charge in [-0.2, -0.15) is 0 Å². The first-order valence-electron chi connectivity index (χ1n) is 5.18. The van der Waals surface area contributed by atoms with E-state index < -0.39 is 17.4 Å². The molecule has 0 saturated heterocycles. The standard InChI is InChI=1S/C9H21O4PS2/c1-6-12-14(10,13-7-2)8-15-16(11)9(3,4)5/h6-8H2,1-5H3. The van der Waals surface area contributed by atoms with Crippen molar-refractivity contribution < 1.29 is 17.8 Å². The Labute approximate surface area is 104 Å². The molecule has 4 nitrogen and oxygen atoms in total. The molecule has 7 heteroatoms. The molecule has 0 aromatic heterocycles. The molecular formula is C9H21O4PS2. The topological polar surface area (TPSA) is 52.6 Å². The van der Waals surface area contributed by atoms with Gasteiger partial charge in [0.2, 0.25) is 0 Å². The summed E-state index contributed by atoms with van der Waals surface area (Å²) in [6.07, 6.45) is 0. The Hall–Kier alpha value is 0.650. The van der Waals surface area contributed by atoms with Gasteiger partial charge in [0, 0.05) is 4.75 Å². The van der Waals surface area contributed by atoms with Crippen LogP contribution in [0.5, 0.6) is 0 Å². The summed E-state index contributed by atoms with van der Waals surface area (Å²) in [5.41, 5.74) is 0.137. The smallest absolute Gasteiger partial charge is 0.308 e. The zero-order valence-electron chi connectivity index (χ0n) is 10.5. The summed E-state index contributed by atoms with van der Waals surface area (Å²) in [5, 5.41) is 0. The van der Waals surface area contributed by atoms with E-state index in [1.54, 1.807) is 13.8 Å². The van der Waals surface area contributed by atoms with Crippen LogP contribution in [0.4, 0.5) is 0 Å². The molecule has 0 aliphatic rings. The highest BCUT2D eigenvalue weighted by Crippen LogP contribution is 2.51. The normalized spacial score (nSPS) is 15.1. The van der Waals surface area contributed by atoms with Gasteiger partial charge in [-0.25, -0.2) is 4.21 Å². The molecule has 0 spiro atoms. The van der Waals surface area contributed by atoms with Crippen LogP contribution in [0, 0.1) is 0 Å². The monoisotopic (exact) mass is 288 g/mol. The fourth-order valence-corrected chi connectivity index (χ4v) is 6.59. The predicted molar refractivity (Wildman–Crippen MR) is 71.2 cm³/mol. The Morgan fingerprint density at radius 1 is 1.19 bits per heavy atom. The van der Waals surface area contributed by atoms with E-state index in [4.69, 9.17) is 9.05 Å². The molecule has 0 aromatic carbocycles. The number of hydrogen-bond acceptors (Lipinski definition) is 5. The maximum absolute atomic E-state index is 12.0. The van der Waals surface area contributed by atoms with E-state index in [1.807, 2.05) is 20.8 Å². The second-order valence-electron chi connectivity index (χ2n) is 4.04. The summed E-state index contributed by atoms with van der Waals surface area (Å²) >= 11 is 0. The predicted octanol–water partition coefficient (Wildman–Crippen LogP) is 3.41. The highest BCUT2D eigenvalue weighted by Gasteiger charge is 2.28. The van der Waals surface area contributed by atoms with Crippen LogP contribution < -0.4 is 0 Å². The molecular weight excluding hydrogens is 267 g/mol. The minimum atomic E-state index is -3.07. The minimum Gasteiger partial charge on any atom is -0.308 e. The van der Waals surface area contributed by atoms with Crippen LogP contribution in [-0.4, -0.2) is 27.7 Å². The fraction of sp³-hybridized carbons (Fsp3) is 1.00. The third-order valence-electron chi connectivity index (χ3n) is 1.47. The van der Waals surface area contributed by atoms with E-state index >= 15 is 0 Å². The minimum absolute atomic E-state index is 0.137. The quantitative estimate of drug-likeness (QED) is 0.531. The number of hydrogen-bond donors (Lipinski definition) is 0. The van der Waals surface area contributed by atoms with Crippen LogP contribution in [0.3, 0.4) is 0 Å². The summed E-state index contributed by atoms with van der Waals surface area (Å²) in [6.45, 7) is 9.82. The van der Waals surface area contributed by atoms with Crippen molar-refractivity contribution in [2.45, 2.75) is 39.4 Å². The van der Waals surface area contributed by atoms with Gasteiger partial charge in [-0.15, -0.1) is 0 Å². The average Bonchev–Trinajstić information content (AvgIpc) is 2.13. The number of rotatable bonds is 7. The first kappa shape index (κ1) is 16.6. The van der Waals surface area contributed by atoms with Gasteiger partial charge in [0.05, 0.1) is 23.0 Å². The Balaban J connectivity index is 4.33. The molecule has 0 aliphatic heterocycles. The summed E-state index contributed by atoms with van der Waals surface area (Å²) in [5.74, 6) is 0. The van der Waals surface area contributed by atoms with Crippen molar-refractivity contribution in [2.75, 3.05) is 18.7 Å². The molecule has 0 fully saturated rings. The Kier molecular flexibility index (Phi) is 7.46. The van der Waals surface area contributed by atoms with Crippen molar-refractivity contribution in [3.8, 4) is 0 Å². The van der Waals surface area contributed by atoms with Crippen molar-refractivity contribution >= 4 is 28.2 Å². The third kappa shape index (κ3) is 6.40. The average molecular weight is 288 g/mol. The van der Waals surface area contributed by atoms with E-state index in [0.717, 1.165) is 10.8 Å². The molecule has 98 valence electrons. The Morgan fingerprint density at radius 3 is 1.94 bits per heavy atom. The van der Waals surface area contributed by atoms with Crippen molar-refractivity contribution in [1.29, 1.82) is 0 Å². The van der Waals surface area contributed by atoms with Gasteiger partial charge >= 0.3 is 7.60 Å². The zero-order valence-corrected chi connectivity index (χ0v) is 13.0. The van der Waals surface area contributed by atoms with Gasteiger partial charge < -0.3 is 9.05 Å². The molecule has 0 bridgehead atoms. The molecule has 0 heterocycles. The Bertz CT molecular complexity index is 265. The van der Waals surface area contributed by atoms with Crippen LogP contribution in [0.1, 0.15) is 34.6 Å². The van der Waals surface area contributed by atoms with Crippen LogP contribution >= 0.6 is 18.4 Å². The molecule has 0 saturated carbocycles. The highest BCUT2D eigenvalue weighted by molar-refractivity contribution is 8.70. The van der Waals surface area contributed by atoms with Crippen LogP contribution in [0.2, 0.25) is 0 Å². The summed E-state index contributed by atoms with van der Waals surface area (Å²) in [6, 6.07) is 0. The second-order valence-corrected chi connectivity index (χ2v) is 10.4. The second kappa shape index (κ2) is 7.17. The molecule has 0 rings (SSSR count). The summed E-state index contributed by atoms with van der Waals surface area (Å²) in [4.78, 5) is 0. The van der Waals surface area contributed by atoms with Gasteiger partial charge in [0.25, 0.3) is 0 Å². The lowest BCUT2D eigenvalue weighted by Crippen LogP contribution is -2.19. The lowest BCUT2D eigenvalue weighted by Gasteiger charge is -2.20. The molecule has 1 unspecified atom stereocenters. The lowest BCUT2D eigenvalue weighted by molar-refractivity contribution is 0.224. The fourth-order valence-electron chi connectivity index (χ4n) is 0.794. The molecule has 0 N–H and O–H groups in total. The van der Waals surface area contributed by atoms with E-state index in [1.165, 1.54) is 0 Å². The third-order valence-corrected chi connectivity index (χ3v) is 8.76. The van der Waals surface area contributed by atoms with E-state index in [9.17, 15) is 8.77 Å². The van der Waals surface area contributed by atoms with Gasteiger partial charge in [-0.1, -0.05) is 0 Å². The first-order valence-corrected chi connectivity index (χ1v) is 9.56. The van der Waals surface area contributed by atoms with Crippen LogP contribution in [0.25, 0.3) is 0 Å². The highest BCUT2D eigenvalue weighted by atomic mass is 33.1. The Morgan fingerprint density at radius 2 is 1.62 bits per heavy atom. The van der Waals surface area contributed by atoms with E-state index in [-0.39, 0.29) is 10.2 Å². The molecule has 0 aromatic rings. The SMILES string of the molecule is CCOP(=O)(CSS(=O)C(C)(C)C)OCC. The van der Waals surface area contributed by atoms with Crippen molar-refractivity contribution in [1.82, 2.24) is 0 Å². The summed E-state index contributed by atoms with van der Waals surface area (Å²) < 4.78 is 33.7. The zero-order chi connectivity index (χ0) is 12.8. The van der Waals surface area contributed by atoms with Gasteiger partial charge in [-0.3, -0.25) is 4.57 Å². The van der Waals surface area contributed by atoms with Crippen LogP contribution in [-0.2, 0) is 23.4 Å². The molecule has 1 atom stereocenters.